The van der Waals surface area contributed by atoms with Crippen molar-refractivity contribution in [3.63, 3.8) is 0 Å². The van der Waals surface area contributed by atoms with E-state index in [4.69, 9.17) is 4.74 Å². The van der Waals surface area contributed by atoms with Crippen molar-refractivity contribution in [3.05, 3.63) is 124 Å². The zero-order valence-electron chi connectivity index (χ0n) is 22.4. The molecule has 0 N–H and O–H groups in total. The second-order valence-electron chi connectivity index (χ2n) is 10.7. The van der Waals surface area contributed by atoms with Crippen molar-refractivity contribution in [2.45, 2.75) is 25.7 Å². The second-order valence-corrected chi connectivity index (χ2v) is 10.7. The van der Waals surface area contributed by atoms with Gasteiger partial charge in [-0.1, -0.05) is 60.7 Å². The zero-order chi connectivity index (χ0) is 27.7. The molecule has 198 valence electrons. The van der Waals surface area contributed by atoms with Gasteiger partial charge in [-0.3, -0.25) is 9.59 Å². The van der Waals surface area contributed by atoms with Crippen LogP contribution in [0.25, 0.3) is 5.69 Å². The number of esters is 1. The summed E-state index contributed by atoms with van der Waals surface area (Å²) < 4.78 is 6.93. The summed E-state index contributed by atoms with van der Waals surface area (Å²) in [5, 5.41) is 5.57. The van der Waals surface area contributed by atoms with Gasteiger partial charge in [-0.05, 0) is 54.3 Å². The molecule has 0 spiro atoms. The van der Waals surface area contributed by atoms with Gasteiger partial charge in [0.25, 0.3) is 11.8 Å². The van der Waals surface area contributed by atoms with Crippen molar-refractivity contribution in [2.75, 3.05) is 7.11 Å². The van der Waals surface area contributed by atoms with Crippen LogP contribution < -0.4 is 0 Å². The van der Waals surface area contributed by atoms with Crippen LogP contribution in [0, 0.1) is 25.7 Å². The lowest BCUT2D eigenvalue weighted by molar-refractivity contribution is -0.139. The predicted molar refractivity (Wildman–Crippen MR) is 150 cm³/mol. The number of imide groups is 1. The summed E-state index contributed by atoms with van der Waals surface area (Å²) in [6.07, 6.45) is 1.58. The lowest BCUT2D eigenvalue weighted by atomic mass is 9.55. The van der Waals surface area contributed by atoms with E-state index >= 15 is 0 Å². The number of aryl methyl sites for hydroxylation is 1. The average molecular weight is 530 g/mol. The number of carbonyl (C=O) groups excluding carboxylic acids is 3. The summed E-state index contributed by atoms with van der Waals surface area (Å²) in [4.78, 5) is 40.1. The summed E-state index contributed by atoms with van der Waals surface area (Å²) in [6.45, 7) is 3.86. The number of amides is 2. The molecule has 1 fully saturated rings. The first-order chi connectivity index (χ1) is 19.4. The Balaban J connectivity index is 1.26. The number of methoxy groups -OCH3 is 1. The molecule has 2 atom stereocenters. The molecule has 3 aliphatic carbocycles. The van der Waals surface area contributed by atoms with Crippen LogP contribution in [0.15, 0.2) is 84.0 Å². The summed E-state index contributed by atoms with van der Waals surface area (Å²) >= 11 is 0. The molecule has 8 rings (SSSR count). The normalized spacial score (nSPS) is 22.4. The molecule has 40 heavy (non-hydrogen) atoms. The first-order valence-electron chi connectivity index (χ1n) is 13.4. The first-order valence-corrected chi connectivity index (χ1v) is 13.4. The summed E-state index contributed by atoms with van der Waals surface area (Å²) in [5.74, 6) is -2.22. The standard InChI is InChI=1S/C33H27N3O4/c1-18-16-20(19(2)35(18)26-15-9-8-14-25(26)33(39)40-3)17-34-36-31(37)29-27-21-10-4-5-11-22(21)28(30(29)32(36)38)24-13-7-6-12-23(24)27/h4-17,27-30H,1-3H3/b34-17-/t27?,28?,29-,30-/m1/s1. The van der Waals surface area contributed by atoms with E-state index in [1.54, 1.807) is 18.3 Å². The van der Waals surface area contributed by atoms with Crippen LogP contribution in [0.5, 0.6) is 0 Å². The maximum Gasteiger partial charge on any atom is 0.339 e. The Hall–Kier alpha value is -4.78. The van der Waals surface area contributed by atoms with Crippen LogP contribution in [0.3, 0.4) is 0 Å². The number of benzene rings is 3. The molecule has 1 aromatic heterocycles. The molecule has 1 aliphatic heterocycles. The molecular weight excluding hydrogens is 502 g/mol. The first kappa shape index (κ1) is 24.3. The fraction of sp³-hybridized carbons (Fsp3) is 0.212. The second kappa shape index (κ2) is 8.88. The number of aromatic nitrogens is 1. The van der Waals surface area contributed by atoms with Gasteiger partial charge in [-0.25, -0.2) is 4.79 Å². The number of carbonyl (C=O) groups is 3. The van der Waals surface area contributed by atoms with E-state index in [1.807, 2.05) is 60.9 Å². The number of hydrogen-bond donors (Lipinski definition) is 0. The number of hydrogen-bond acceptors (Lipinski definition) is 5. The van der Waals surface area contributed by atoms with Crippen molar-refractivity contribution < 1.29 is 19.1 Å². The fourth-order valence-corrected chi connectivity index (χ4v) is 7.14. The van der Waals surface area contributed by atoms with E-state index in [2.05, 4.69) is 29.4 Å². The van der Waals surface area contributed by atoms with Crippen LogP contribution in [-0.2, 0) is 14.3 Å². The van der Waals surface area contributed by atoms with Gasteiger partial charge in [-0.2, -0.15) is 10.1 Å². The Labute approximate surface area is 231 Å². The minimum absolute atomic E-state index is 0.168. The monoisotopic (exact) mass is 529 g/mol. The van der Waals surface area contributed by atoms with Crippen molar-refractivity contribution in [1.29, 1.82) is 0 Å². The van der Waals surface area contributed by atoms with Crippen molar-refractivity contribution >= 4 is 24.0 Å². The highest BCUT2D eigenvalue weighted by Crippen LogP contribution is 2.60. The highest BCUT2D eigenvalue weighted by Gasteiger charge is 2.61. The third-order valence-electron chi connectivity index (χ3n) is 8.76. The highest BCUT2D eigenvalue weighted by atomic mass is 16.5. The molecule has 4 aromatic rings. The van der Waals surface area contributed by atoms with Gasteiger partial charge in [0.2, 0.25) is 0 Å². The lowest BCUT2D eigenvalue weighted by Crippen LogP contribution is -2.41. The molecule has 4 aliphatic rings. The maximum atomic E-state index is 13.8. The molecule has 2 amide bonds. The highest BCUT2D eigenvalue weighted by molar-refractivity contribution is 6.08. The molecule has 2 bridgehead atoms. The SMILES string of the molecule is COC(=O)c1ccccc1-n1c(C)cc(/C=N\N2C(=O)[C@@H]3C4c5ccccc5C(c5ccccc54)[C@H]3C2=O)c1C. The Morgan fingerprint density at radius 2 is 1.30 bits per heavy atom. The van der Waals surface area contributed by atoms with Crippen LogP contribution in [0.2, 0.25) is 0 Å². The number of ether oxygens (including phenoxy) is 1. The quantitative estimate of drug-likeness (QED) is 0.209. The number of nitrogens with zero attached hydrogens (tertiary/aromatic N) is 3. The van der Waals surface area contributed by atoms with Crippen molar-refractivity contribution in [1.82, 2.24) is 9.58 Å². The molecular formula is C33H27N3O4. The molecule has 3 aromatic carbocycles. The maximum absolute atomic E-state index is 13.8. The minimum Gasteiger partial charge on any atom is -0.465 e. The summed E-state index contributed by atoms with van der Waals surface area (Å²) in [6, 6.07) is 25.5. The zero-order valence-corrected chi connectivity index (χ0v) is 22.4. The van der Waals surface area contributed by atoms with Gasteiger partial charge in [-0.15, -0.1) is 0 Å². The minimum atomic E-state index is -0.473. The van der Waals surface area contributed by atoms with E-state index in [1.165, 1.54) is 7.11 Å². The van der Waals surface area contributed by atoms with Gasteiger partial charge in [0, 0.05) is 28.8 Å². The number of para-hydroxylation sites is 1. The van der Waals surface area contributed by atoms with E-state index in [0.29, 0.717) is 11.3 Å². The van der Waals surface area contributed by atoms with Gasteiger partial charge in [0.05, 0.1) is 36.4 Å². The average Bonchev–Trinajstić information content (AvgIpc) is 3.41. The van der Waals surface area contributed by atoms with Crippen LogP contribution >= 0.6 is 0 Å². The van der Waals surface area contributed by atoms with Crippen LogP contribution in [-0.4, -0.2) is 40.7 Å². The molecule has 0 unspecified atom stereocenters. The van der Waals surface area contributed by atoms with Gasteiger partial charge in [0.1, 0.15) is 0 Å². The number of hydrazone groups is 1. The smallest absolute Gasteiger partial charge is 0.339 e. The van der Waals surface area contributed by atoms with Crippen LogP contribution in [0.4, 0.5) is 0 Å². The Kier molecular flexibility index (Phi) is 5.39. The molecule has 2 heterocycles. The summed E-state index contributed by atoms with van der Waals surface area (Å²) in [5.41, 5.74) is 8.12. The van der Waals surface area contributed by atoms with E-state index in [-0.39, 0.29) is 23.7 Å². The largest absolute Gasteiger partial charge is 0.465 e. The Morgan fingerprint density at radius 1 is 0.800 bits per heavy atom. The third-order valence-corrected chi connectivity index (χ3v) is 8.76. The predicted octanol–water partition coefficient (Wildman–Crippen LogP) is 5.11. The Morgan fingerprint density at radius 3 is 1.82 bits per heavy atom. The van der Waals surface area contributed by atoms with E-state index in [9.17, 15) is 14.4 Å². The summed E-state index contributed by atoms with van der Waals surface area (Å²) in [7, 11) is 1.36. The molecule has 7 heteroatoms. The van der Waals surface area contributed by atoms with Gasteiger partial charge < -0.3 is 9.30 Å². The topological polar surface area (TPSA) is 81.0 Å². The number of rotatable bonds is 4. The van der Waals surface area contributed by atoms with E-state index < -0.39 is 17.8 Å². The van der Waals surface area contributed by atoms with Gasteiger partial charge in [0.15, 0.2) is 0 Å². The Bertz CT molecular complexity index is 1650. The fourth-order valence-electron chi connectivity index (χ4n) is 7.14. The lowest BCUT2D eigenvalue weighted by Gasteiger charge is -2.45. The van der Waals surface area contributed by atoms with Crippen molar-refractivity contribution in [3.8, 4) is 5.69 Å². The van der Waals surface area contributed by atoms with E-state index in [0.717, 1.165) is 44.2 Å². The molecule has 1 saturated heterocycles. The van der Waals surface area contributed by atoms with Crippen LogP contribution in [0.1, 0.15) is 61.4 Å². The third kappa shape index (κ3) is 3.24. The molecule has 7 nitrogen and oxygen atoms in total. The molecule has 0 radical (unpaired) electrons. The van der Waals surface area contributed by atoms with Gasteiger partial charge >= 0.3 is 5.97 Å². The van der Waals surface area contributed by atoms with Crippen molar-refractivity contribution in [2.24, 2.45) is 16.9 Å². The molecule has 0 saturated carbocycles.